The van der Waals surface area contributed by atoms with Crippen molar-refractivity contribution in [2.75, 3.05) is 13.2 Å². The molecule has 5 nitrogen and oxygen atoms in total. The Labute approximate surface area is 548 Å². The van der Waals surface area contributed by atoms with Gasteiger partial charge in [0, 0.05) is 12.8 Å². The van der Waals surface area contributed by atoms with Gasteiger partial charge in [-0.25, -0.2) is 0 Å². The second kappa shape index (κ2) is 77.8. The van der Waals surface area contributed by atoms with E-state index < -0.39 is 6.10 Å². The number of aliphatic hydroxyl groups excluding tert-OH is 1. The summed E-state index contributed by atoms with van der Waals surface area (Å²) in [6.07, 6.45) is 113. The number of aliphatic hydroxyl groups is 1. The maximum absolute atomic E-state index is 12.4. The van der Waals surface area contributed by atoms with Crippen molar-refractivity contribution in [1.82, 2.24) is 0 Å². The topological polar surface area (TPSA) is 72.8 Å². The second-order valence-electron chi connectivity index (χ2n) is 25.7. The highest BCUT2D eigenvalue weighted by molar-refractivity contribution is 5.70. The lowest BCUT2D eigenvalue weighted by atomic mass is 10.0. The molecule has 1 N–H and O–H groups in total. The molecule has 0 spiro atoms. The number of carbonyl (C=O) groups is 2. The summed E-state index contributed by atoms with van der Waals surface area (Å²) >= 11 is 0. The predicted octanol–water partition coefficient (Wildman–Crippen LogP) is 27.1. The van der Waals surface area contributed by atoms with Crippen molar-refractivity contribution >= 4 is 11.9 Å². The number of ether oxygens (including phenoxy) is 2. The smallest absolute Gasteiger partial charge is 0.306 e. The second-order valence-corrected chi connectivity index (χ2v) is 25.7. The third-order valence-corrected chi connectivity index (χ3v) is 17.1. The number of hydrogen-bond acceptors (Lipinski definition) is 5. The molecule has 0 aromatic rings. The van der Waals surface area contributed by atoms with Gasteiger partial charge < -0.3 is 14.6 Å². The average Bonchev–Trinajstić information content (AvgIpc) is 3.56. The van der Waals surface area contributed by atoms with Crippen LogP contribution in [-0.4, -0.2) is 36.4 Å². The van der Waals surface area contributed by atoms with Crippen molar-refractivity contribution < 1.29 is 24.2 Å². The van der Waals surface area contributed by atoms with Crippen LogP contribution in [0.15, 0.2) is 109 Å². The lowest BCUT2D eigenvalue weighted by Gasteiger charge is -2.15. The fourth-order valence-electron chi connectivity index (χ4n) is 11.3. The molecule has 88 heavy (non-hydrogen) atoms. The summed E-state index contributed by atoms with van der Waals surface area (Å²) in [5, 5.41) is 9.72. The van der Waals surface area contributed by atoms with Crippen molar-refractivity contribution in [2.45, 2.75) is 392 Å². The quantitative estimate of drug-likeness (QED) is 0.0373. The molecule has 508 valence electrons. The Bertz CT molecular complexity index is 1670. The Balaban J connectivity index is 3.42. The first-order chi connectivity index (χ1) is 43.6. The van der Waals surface area contributed by atoms with Crippen LogP contribution in [0.2, 0.25) is 0 Å². The van der Waals surface area contributed by atoms with E-state index in [2.05, 4.69) is 123 Å². The van der Waals surface area contributed by atoms with Gasteiger partial charge in [0.2, 0.25) is 0 Å². The Morgan fingerprint density at radius 1 is 0.273 bits per heavy atom. The van der Waals surface area contributed by atoms with Crippen LogP contribution in [-0.2, 0) is 19.1 Å². The zero-order valence-electron chi connectivity index (χ0n) is 58.5. The molecule has 0 aliphatic heterocycles. The SMILES string of the molecule is CC/C=C\C/C=C\C/C=C\C/C=C\C/C=C\C/C=C\C/C=C\CCCCCCCCCCCCCC(=O)OC(CO)COC(=O)CCCCCCCCCCCCCCCCCCCCCCCCCCCCCCC/C=C\C/C=C\CCCCCCC. The van der Waals surface area contributed by atoms with Crippen molar-refractivity contribution in [3.8, 4) is 0 Å². The molecular weight excluding hydrogens is 1080 g/mol. The van der Waals surface area contributed by atoms with Gasteiger partial charge in [-0.05, 0) is 103 Å². The van der Waals surface area contributed by atoms with E-state index in [1.165, 1.54) is 270 Å². The van der Waals surface area contributed by atoms with Crippen LogP contribution >= 0.6 is 0 Å². The van der Waals surface area contributed by atoms with E-state index in [-0.39, 0.29) is 25.2 Å². The lowest BCUT2D eigenvalue weighted by Crippen LogP contribution is -2.28. The molecule has 0 heterocycles. The maximum atomic E-state index is 12.4. The van der Waals surface area contributed by atoms with Gasteiger partial charge in [-0.15, -0.1) is 0 Å². The van der Waals surface area contributed by atoms with E-state index in [1.54, 1.807) is 0 Å². The predicted molar refractivity (Wildman–Crippen MR) is 389 cm³/mol. The number of esters is 2. The van der Waals surface area contributed by atoms with Crippen molar-refractivity contribution in [2.24, 2.45) is 0 Å². The number of allylic oxidation sites excluding steroid dienone is 18. The van der Waals surface area contributed by atoms with Crippen molar-refractivity contribution in [3.05, 3.63) is 109 Å². The molecule has 0 aliphatic rings. The standard InChI is InChI=1S/C83H146O5/c1-3-5-7-9-11-13-15-17-19-21-23-25-27-29-31-33-35-37-38-39-40-41-42-43-44-46-47-49-51-53-55-57-59-61-63-65-67-69-71-73-75-77-82(85)87-80-81(79-84)88-83(86)78-76-74-72-70-68-66-64-62-60-58-56-54-52-50-48-45-36-34-32-30-28-26-24-22-20-18-16-14-12-10-8-6-4-2/h6,8,12,14-15,17-18,20-21,23-24,26,30,32,36,45,50,52,81,84H,3-5,7,9-11,13,16,19,22,25,27-29,31,33-35,37-44,46-49,51,53-80H2,1-2H3/b8-6-,14-12-,17-15-,20-18-,23-21-,26-24-,32-30-,45-36-,52-50-. The summed E-state index contributed by atoms with van der Waals surface area (Å²) in [7, 11) is 0. The zero-order chi connectivity index (χ0) is 63.3. The molecule has 0 rings (SSSR count). The zero-order valence-corrected chi connectivity index (χ0v) is 58.5. The summed E-state index contributed by atoms with van der Waals surface area (Å²) in [5.74, 6) is -0.581. The maximum Gasteiger partial charge on any atom is 0.306 e. The van der Waals surface area contributed by atoms with Crippen LogP contribution in [0.1, 0.15) is 386 Å². The van der Waals surface area contributed by atoms with E-state index in [4.69, 9.17) is 9.47 Å². The Kier molecular flexibility index (Phi) is 74.8. The van der Waals surface area contributed by atoms with Gasteiger partial charge in [0.15, 0.2) is 6.10 Å². The first kappa shape index (κ1) is 84.6. The molecule has 0 aromatic carbocycles. The van der Waals surface area contributed by atoms with Crippen LogP contribution in [0.3, 0.4) is 0 Å². The molecule has 1 unspecified atom stereocenters. The van der Waals surface area contributed by atoms with Gasteiger partial charge >= 0.3 is 11.9 Å². The minimum Gasteiger partial charge on any atom is -0.462 e. The molecule has 0 fully saturated rings. The van der Waals surface area contributed by atoms with Crippen LogP contribution < -0.4 is 0 Å². The molecular formula is C83H146O5. The molecule has 0 saturated heterocycles. The third kappa shape index (κ3) is 75.0. The molecule has 0 saturated carbocycles. The Morgan fingerprint density at radius 2 is 0.489 bits per heavy atom. The normalized spacial score (nSPS) is 12.8. The van der Waals surface area contributed by atoms with Gasteiger partial charge in [-0.2, -0.15) is 0 Å². The Morgan fingerprint density at radius 3 is 0.739 bits per heavy atom. The molecule has 0 bridgehead atoms. The van der Waals surface area contributed by atoms with Crippen LogP contribution in [0.5, 0.6) is 0 Å². The number of rotatable bonds is 71. The number of carbonyl (C=O) groups excluding carboxylic acids is 2. The van der Waals surface area contributed by atoms with Gasteiger partial charge in [-0.1, -0.05) is 380 Å². The molecule has 0 radical (unpaired) electrons. The van der Waals surface area contributed by atoms with Crippen LogP contribution in [0.25, 0.3) is 0 Å². The lowest BCUT2D eigenvalue weighted by molar-refractivity contribution is -0.161. The third-order valence-electron chi connectivity index (χ3n) is 17.1. The highest BCUT2D eigenvalue weighted by Gasteiger charge is 2.16. The first-order valence-electron chi connectivity index (χ1n) is 38.4. The number of hydrogen-bond donors (Lipinski definition) is 1. The molecule has 1 atom stereocenters. The van der Waals surface area contributed by atoms with E-state index in [0.29, 0.717) is 12.8 Å². The van der Waals surface area contributed by atoms with E-state index in [9.17, 15) is 14.7 Å². The molecule has 0 aliphatic carbocycles. The summed E-state index contributed by atoms with van der Waals surface area (Å²) < 4.78 is 10.8. The minimum atomic E-state index is -0.780. The summed E-state index contributed by atoms with van der Waals surface area (Å²) in [5.41, 5.74) is 0. The molecule has 0 amide bonds. The monoisotopic (exact) mass is 1220 g/mol. The fourth-order valence-corrected chi connectivity index (χ4v) is 11.3. The van der Waals surface area contributed by atoms with Crippen LogP contribution in [0.4, 0.5) is 0 Å². The van der Waals surface area contributed by atoms with E-state index in [0.717, 1.165) is 89.9 Å². The van der Waals surface area contributed by atoms with E-state index in [1.807, 2.05) is 0 Å². The first-order valence-corrected chi connectivity index (χ1v) is 38.4. The van der Waals surface area contributed by atoms with Crippen LogP contribution in [0, 0.1) is 0 Å². The molecule has 0 aromatic heterocycles. The van der Waals surface area contributed by atoms with Gasteiger partial charge in [0.1, 0.15) is 6.61 Å². The van der Waals surface area contributed by atoms with Gasteiger partial charge in [-0.3, -0.25) is 9.59 Å². The average molecular weight is 1220 g/mol. The fraction of sp³-hybridized carbons (Fsp3) is 0.759. The largest absolute Gasteiger partial charge is 0.462 e. The minimum absolute atomic E-state index is 0.0673. The number of unbranched alkanes of at least 4 members (excludes halogenated alkanes) is 45. The van der Waals surface area contributed by atoms with E-state index >= 15 is 0 Å². The summed E-state index contributed by atoms with van der Waals surface area (Å²) in [6.45, 7) is 4.05. The summed E-state index contributed by atoms with van der Waals surface area (Å²) in [6, 6.07) is 0. The van der Waals surface area contributed by atoms with Gasteiger partial charge in [0.25, 0.3) is 0 Å². The van der Waals surface area contributed by atoms with Crippen molar-refractivity contribution in [3.63, 3.8) is 0 Å². The molecule has 5 heteroatoms. The van der Waals surface area contributed by atoms with Crippen molar-refractivity contribution in [1.29, 1.82) is 0 Å². The highest BCUT2D eigenvalue weighted by atomic mass is 16.6. The summed E-state index contributed by atoms with van der Waals surface area (Å²) in [4.78, 5) is 24.7. The van der Waals surface area contributed by atoms with Gasteiger partial charge in [0.05, 0.1) is 6.61 Å². The highest BCUT2D eigenvalue weighted by Crippen LogP contribution is 2.19. The Hall–Kier alpha value is -3.44.